The first-order valence-electron chi connectivity index (χ1n) is 9.52. The molecule has 4 rings (SSSR count). The molecule has 0 saturated carbocycles. The van der Waals surface area contributed by atoms with E-state index in [1.807, 2.05) is 12.1 Å². The molecule has 0 spiro atoms. The summed E-state index contributed by atoms with van der Waals surface area (Å²) in [4.78, 5) is 19.0. The number of likely N-dealkylation sites (tertiary alicyclic amines) is 1. The van der Waals surface area contributed by atoms with Crippen molar-refractivity contribution in [3.05, 3.63) is 70.7 Å². The molecule has 162 valence electrons. The summed E-state index contributed by atoms with van der Waals surface area (Å²) < 4.78 is 43.7. The molecule has 5 nitrogen and oxygen atoms in total. The van der Waals surface area contributed by atoms with Gasteiger partial charge in [0.2, 0.25) is 0 Å². The van der Waals surface area contributed by atoms with Crippen molar-refractivity contribution < 1.29 is 27.8 Å². The van der Waals surface area contributed by atoms with Gasteiger partial charge in [-0.1, -0.05) is 12.1 Å². The molecule has 2 aromatic carbocycles. The summed E-state index contributed by atoms with van der Waals surface area (Å²) in [6.07, 6.45) is -4.93. The lowest BCUT2D eigenvalue weighted by Gasteiger charge is -2.24. The monoisotopic (exact) mass is 448 g/mol. The maximum atomic E-state index is 13.1. The minimum absolute atomic E-state index is 0.0971. The van der Waals surface area contributed by atoms with Crippen molar-refractivity contribution in [1.82, 2.24) is 9.88 Å². The summed E-state index contributed by atoms with van der Waals surface area (Å²) >= 11 is 1.32. The van der Waals surface area contributed by atoms with E-state index in [0.29, 0.717) is 16.3 Å². The highest BCUT2D eigenvalue weighted by Gasteiger charge is 2.37. The highest BCUT2D eigenvalue weighted by atomic mass is 32.1. The second-order valence-electron chi connectivity index (χ2n) is 7.25. The van der Waals surface area contributed by atoms with E-state index in [0.717, 1.165) is 17.7 Å². The number of nitrogens with zero attached hydrogens (tertiary/aromatic N) is 2. The summed E-state index contributed by atoms with van der Waals surface area (Å²) in [6, 6.07) is 11.5. The van der Waals surface area contributed by atoms with Gasteiger partial charge in [0.05, 0.1) is 24.8 Å². The Labute approximate surface area is 180 Å². The number of hydrogen-bond donors (Lipinski definition) is 1. The molecule has 1 saturated heterocycles. The van der Waals surface area contributed by atoms with Crippen LogP contribution in [0.5, 0.6) is 5.75 Å². The topological polar surface area (TPSA) is 62.7 Å². The number of carbonyl (C=O) groups is 1. The number of rotatable bonds is 4. The van der Waals surface area contributed by atoms with Gasteiger partial charge in [-0.15, -0.1) is 11.3 Å². The standard InChI is InChI=1S/C22H19F3N2O3S/c1-30-17-8-4-14(5-9-17)20-26-18(12-31-20)21(29)27-11-16(28)10-19(27)13-2-6-15(7-3-13)22(23,24)25/h2-9,12,16,19,28H,10-11H2,1H3/t16-,19+/m1/s1. The van der Waals surface area contributed by atoms with Gasteiger partial charge in [-0.2, -0.15) is 13.2 Å². The Morgan fingerprint density at radius 1 is 1.16 bits per heavy atom. The van der Waals surface area contributed by atoms with Crippen LogP contribution in [-0.2, 0) is 6.18 Å². The molecule has 1 aliphatic heterocycles. The molecular weight excluding hydrogens is 429 g/mol. The van der Waals surface area contributed by atoms with Crippen LogP contribution in [0.1, 0.15) is 34.1 Å². The van der Waals surface area contributed by atoms with E-state index >= 15 is 0 Å². The van der Waals surface area contributed by atoms with Crippen molar-refractivity contribution in [3.8, 4) is 16.3 Å². The van der Waals surface area contributed by atoms with Gasteiger partial charge in [0.15, 0.2) is 0 Å². The minimum atomic E-state index is -4.43. The second-order valence-corrected chi connectivity index (χ2v) is 8.11. The lowest BCUT2D eigenvalue weighted by Crippen LogP contribution is -2.32. The minimum Gasteiger partial charge on any atom is -0.497 e. The Balaban J connectivity index is 1.56. The average molecular weight is 448 g/mol. The van der Waals surface area contributed by atoms with Gasteiger partial charge in [-0.05, 0) is 48.4 Å². The van der Waals surface area contributed by atoms with Crippen LogP contribution in [0.4, 0.5) is 13.2 Å². The van der Waals surface area contributed by atoms with Crippen molar-refractivity contribution in [3.63, 3.8) is 0 Å². The molecule has 1 aromatic heterocycles. The fourth-order valence-electron chi connectivity index (χ4n) is 3.63. The number of thiazole rings is 1. The number of benzene rings is 2. The number of methoxy groups -OCH3 is 1. The third-order valence-corrected chi connectivity index (χ3v) is 6.11. The Kier molecular flexibility index (Phi) is 5.72. The van der Waals surface area contributed by atoms with Gasteiger partial charge in [0.1, 0.15) is 16.5 Å². The van der Waals surface area contributed by atoms with Crippen LogP contribution >= 0.6 is 11.3 Å². The van der Waals surface area contributed by atoms with E-state index in [1.54, 1.807) is 24.6 Å². The molecule has 0 aliphatic carbocycles. The molecule has 31 heavy (non-hydrogen) atoms. The van der Waals surface area contributed by atoms with Crippen LogP contribution in [0.25, 0.3) is 10.6 Å². The maximum Gasteiger partial charge on any atom is 0.416 e. The third-order valence-electron chi connectivity index (χ3n) is 5.22. The highest BCUT2D eigenvalue weighted by Crippen LogP contribution is 2.36. The van der Waals surface area contributed by atoms with E-state index < -0.39 is 23.9 Å². The van der Waals surface area contributed by atoms with Gasteiger partial charge in [-0.25, -0.2) is 4.98 Å². The van der Waals surface area contributed by atoms with E-state index in [4.69, 9.17) is 4.74 Å². The third kappa shape index (κ3) is 4.42. The smallest absolute Gasteiger partial charge is 0.416 e. The molecule has 2 atom stereocenters. The number of aromatic nitrogens is 1. The molecular formula is C22H19F3N2O3S. The zero-order valence-corrected chi connectivity index (χ0v) is 17.3. The largest absolute Gasteiger partial charge is 0.497 e. The maximum absolute atomic E-state index is 13.1. The molecule has 2 heterocycles. The normalized spacial score (nSPS) is 18.9. The quantitative estimate of drug-likeness (QED) is 0.624. The molecule has 3 aromatic rings. The highest BCUT2D eigenvalue weighted by molar-refractivity contribution is 7.13. The number of halogens is 3. The van der Waals surface area contributed by atoms with E-state index in [2.05, 4.69) is 4.98 Å². The van der Waals surface area contributed by atoms with Crippen molar-refractivity contribution in [2.45, 2.75) is 24.7 Å². The number of β-amino-alcohol motifs (C(OH)–C–C–N with tert-alkyl or cyclic N) is 1. The van der Waals surface area contributed by atoms with Crippen LogP contribution in [-0.4, -0.2) is 40.7 Å². The van der Waals surface area contributed by atoms with Gasteiger partial charge in [0.25, 0.3) is 5.91 Å². The SMILES string of the molecule is COc1ccc(-c2nc(C(=O)N3C[C@H](O)C[C@H]3c3ccc(C(F)(F)F)cc3)cs2)cc1. The number of aliphatic hydroxyl groups excluding tert-OH is 1. The summed E-state index contributed by atoms with van der Waals surface area (Å²) in [6.45, 7) is 0.0971. The predicted molar refractivity (Wildman–Crippen MR) is 110 cm³/mol. The molecule has 0 radical (unpaired) electrons. The summed E-state index contributed by atoms with van der Waals surface area (Å²) in [5.74, 6) is 0.347. The summed E-state index contributed by atoms with van der Waals surface area (Å²) in [5, 5.41) is 12.5. The fourth-order valence-corrected chi connectivity index (χ4v) is 4.43. The lowest BCUT2D eigenvalue weighted by atomic mass is 10.0. The average Bonchev–Trinajstić information content (AvgIpc) is 3.40. The number of hydrogen-bond acceptors (Lipinski definition) is 5. The zero-order chi connectivity index (χ0) is 22.2. The van der Waals surface area contributed by atoms with Crippen LogP contribution in [0.2, 0.25) is 0 Å². The van der Waals surface area contributed by atoms with E-state index in [9.17, 15) is 23.1 Å². The molecule has 0 unspecified atom stereocenters. The molecule has 0 bridgehead atoms. The van der Waals surface area contributed by atoms with Crippen LogP contribution < -0.4 is 4.74 Å². The van der Waals surface area contributed by atoms with Crippen LogP contribution in [0, 0.1) is 0 Å². The van der Waals surface area contributed by atoms with Gasteiger partial charge >= 0.3 is 6.18 Å². The number of carbonyl (C=O) groups excluding carboxylic acids is 1. The molecule has 1 N–H and O–H groups in total. The van der Waals surface area contributed by atoms with Crippen molar-refractivity contribution in [2.75, 3.05) is 13.7 Å². The first-order valence-corrected chi connectivity index (χ1v) is 10.4. The van der Waals surface area contributed by atoms with Crippen LogP contribution in [0.15, 0.2) is 53.9 Å². The molecule has 9 heteroatoms. The van der Waals surface area contributed by atoms with E-state index in [-0.39, 0.29) is 24.6 Å². The summed E-state index contributed by atoms with van der Waals surface area (Å²) in [7, 11) is 1.58. The predicted octanol–water partition coefficient (Wildman–Crippen LogP) is 4.79. The number of ether oxygens (including phenoxy) is 1. The van der Waals surface area contributed by atoms with Crippen molar-refractivity contribution >= 4 is 17.2 Å². The van der Waals surface area contributed by atoms with Gasteiger partial charge < -0.3 is 14.7 Å². The Morgan fingerprint density at radius 2 is 1.84 bits per heavy atom. The second kappa shape index (κ2) is 8.32. The number of amides is 1. The van der Waals surface area contributed by atoms with Gasteiger partial charge in [-0.3, -0.25) is 4.79 Å². The first kappa shape index (κ1) is 21.3. The zero-order valence-electron chi connectivity index (χ0n) is 16.5. The van der Waals surface area contributed by atoms with Crippen LogP contribution in [0.3, 0.4) is 0 Å². The Morgan fingerprint density at radius 3 is 2.45 bits per heavy atom. The number of aliphatic hydroxyl groups is 1. The molecule has 1 aliphatic rings. The lowest BCUT2D eigenvalue weighted by molar-refractivity contribution is -0.137. The van der Waals surface area contributed by atoms with Gasteiger partial charge in [0, 0.05) is 17.5 Å². The fraction of sp³-hybridized carbons (Fsp3) is 0.273. The Hall–Kier alpha value is -2.91. The molecule has 1 amide bonds. The summed E-state index contributed by atoms with van der Waals surface area (Å²) in [5.41, 5.74) is 0.868. The van der Waals surface area contributed by atoms with Crippen molar-refractivity contribution in [2.24, 2.45) is 0 Å². The Bertz CT molecular complexity index is 1060. The van der Waals surface area contributed by atoms with E-state index in [1.165, 1.54) is 28.4 Å². The number of alkyl halides is 3. The first-order chi connectivity index (χ1) is 14.8. The van der Waals surface area contributed by atoms with Crippen molar-refractivity contribution in [1.29, 1.82) is 0 Å². The molecule has 1 fully saturated rings.